The summed E-state index contributed by atoms with van der Waals surface area (Å²) >= 11 is 7.51. The van der Waals surface area contributed by atoms with E-state index in [1.807, 2.05) is 12.1 Å². The first-order valence-electron chi connectivity index (χ1n) is 5.58. The van der Waals surface area contributed by atoms with Crippen LogP contribution < -0.4 is 10.5 Å². The molecule has 3 N–H and O–H groups in total. The molecule has 0 bridgehead atoms. The number of nitrogens with two attached hydrogens (primary N) is 1. The first kappa shape index (κ1) is 13.5. The van der Waals surface area contributed by atoms with Gasteiger partial charge in [0.2, 0.25) is 0 Å². The normalized spacial score (nSPS) is 15.0. The molecule has 18 heavy (non-hydrogen) atoms. The summed E-state index contributed by atoms with van der Waals surface area (Å²) in [5.74, 6) is 0.950. The molecular formula is C12H14ClNO3S. The molecule has 0 spiro atoms. The Hall–Kier alpha value is -0.910. The van der Waals surface area contributed by atoms with Crippen molar-refractivity contribution in [3.05, 3.63) is 28.3 Å². The number of ether oxygens (including phenoxy) is 1. The minimum absolute atomic E-state index is 0.372. The van der Waals surface area contributed by atoms with Crippen LogP contribution in [0.3, 0.4) is 0 Å². The van der Waals surface area contributed by atoms with E-state index >= 15 is 0 Å². The van der Waals surface area contributed by atoms with Crippen molar-refractivity contribution in [1.82, 2.24) is 0 Å². The highest BCUT2D eigenvalue weighted by atomic mass is 35.5. The second-order valence-corrected chi connectivity index (χ2v) is 5.58. The molecule has 0 saturated carbocycles. The van der Waals surface area contributed by atoms with E-state index in [0.717, 1.165) is 23.3 Å². The minimum atomic E-state index is -0.977. The summed E-state index contributed by atoms with van der Waals surface area (Å²) in [4.78, 5) is 10.6. The van der Waals surface area contributed by atoms with Crippen molar-refractivity contribution < 1.29 is 14.6 Å². The van der Waals surface area contributed by atoms with Crippen molar-refractivity contribution in [3.8, 4) is 5.75 Å². The van der Waals surface area contributed by atoms with E-state index in [4.69, 9.17) is 27.2 Å². The first-order chi connectivity index (χ1) is 8.58. The number of rotatable bonds is 5. The topological polar surface area (TPSA) is 72.5 Å². The van der Waals surface area contributed by atoms with Crippen LogP contribution in [0.4, 0.5) is 0 Å². The van der Waals surface area contributed by atoms with Crippen LogP contribution in [0.5, 0.6) is 5.75 Å². The van der Waals surface area contributed by atoms with Gasteiger partial charge in [-0.3, -0.25) is 4.79 Å². The molecule has 0 amide bonds. The van der Waals surface area contributed by atoms with Gasteiger partial charge in [-0.15, -0.1) is 0 Å². The van der Waals surface area contributed by atoms with Crippen molar-refractivity contribution >= 4 is 29.3 Å². The summed E-state index contributed by atoms with van der Waals surface area (Å²) in [6, 6.07) is 2.95. The summed E-state index contributed by atoms with van der Waals surface area (Å²) in [5.41, 5.74) is 7.58. The molecular weight excluding hydrogens is 274 g/mol. The third kappa shape index (κ3) is 3.10. The highest BCUT2D eigenvalue weighted by Gasteiger charge is 2.18. The highest BCUT2D eigenvalue weighted by molar-refractivity contribution is 7.98. The molecule has 0 unspecified atom stereocenters. The van der Waals surface area contributed by atoms with Gasteiger partial charge in [0.1, 0.15) is 11.8 Å². The molecule has 1 aliphatic rings. The number of halogens is 1. The number of benzene rings is 1. The Morgan fingerprint density at radius 1 is 1.61 bits per heavy atom. The van der Waals surface area contributed by atoms with E-state index in [1.54, 1.807) is 0 Å². The van der Waals surface area contributed by atoms with E-state index in [9.17, 15) is 4.79 Å². The maximum Gasteiger partial charge on any atom is 0.321 e. The predicted molar refractivity (Wildman–Crippen MR) is 72.4 cm³/mol. The number of carbonyl (C=O) groups is 1. The Bertz CT molecular complexity index is 467. The lowest BCUT2D eigenvalue weighted by atomic mass is 10.1. The number of hydrogen-bond donors (Lipinski definition) is 2. The van der Waals surface area contributed by atoms with Gasteiger partial charge in [-0.25, -0.2) is 0 Å². The van der Waals surface area contributed by atoms with Crippen LogP contribution in [0.2, 0.25) is 5.02 Å². The number of carboxylic acids is 1. The van der Waals surface area contributed by atoms with Gasteiger partial charge in [0.25, 0.3) is 0 Å². The Kier molecular flexibility index (Phi) is 4.37. The predicted octanol–water partition coefficient (Wildman–Crippen LogP) is 1.92. The Morgan fingerprint density at radius 3 is 3.11 bits per heavy atom. The smallest absolute Gasteiger partial charge is 0.321 e. The van der Waals surface area contributed by atoms with Gasteiger partial charge in [0.15, 0.2) is 0 Å². The van der Waals surface area contributed by atoms with Crippen LogP contribution in [-0.2, 0) is 17.0 Å². The van der Waals surface area contributed by atoms with Gasteiger partial charge >= 0.3 is 5.97 Å². The lowest BCUT2D eigenvalue weighted by Crippen LogP contribution is -2.32. The van der Waals surface area contributed by atoms with Crippen molar-refractivity contribution in [2.75, 3.05) is 12.4 Å². The Labute approximate surface area is 114 Å². The zero-order valence-corrected chi connectivity index (χ0v) is 11.3. The number of carboxylic acid groups (broad SMARTS) is 1. The molecule has 1 aromatic carbocycles. The molecule has 0 radical (unpaired) electrons. The lowest BCUT2D eigenvalue weighted by Gasteiger charge is -2.10. The summed E-state index contributed by atoms with van der Waals surface area (Å²) in [5, 5.41) is 9.39. The van der Waals surface area contributed by atoms with Crippen LogP contribution in [0.15, 0.2) is 12.1 Å². The van der Waals surface area contributed by atoms with E-state index in [1.165, 1.54) is 11.8 Å². The van der Waals surface area contributed by atoms with Gasteiger partial charge in [0.05, 0.1) is 6.61 Å². The molecule has 0 aliphatic carbocycles. The molecule has 2 rings (SSSR count). The quantitative estimate of drug-likeness (QED) is 0.866. The van der Waals surface area contributed by atoms with Crippen LogP contribution in [-0.4, -0.2) is 29.5 Å². The van der Waals surface area contributed by atoms with Gasteiger partial charge in [-0.2, -0.15) is 11.8 Å². The van der Waals surface area contributed by atoms with E-state index < -0.39 is 12.0 Å². The van der Waals surface area contributed by atoms with Crippen LogP contribution >= 0.6 is 23.4 Å². The van der Waals surface area contributed by atoms with E-state index in [2.05, 4.69) is 0 Å². The fourth-order valence-electron chi connectivity index (χ4n) is 1.82. The maximum atomic E-state index is 10.6. The average molecular weight is 288 g/mol. The van der Waals surface area contributed by atoms with Crippen molar-refractivity contribution in [2.45, 2.75) is 18.2 Å². The first-order valence-corrected chi connectivity index (χ1v) is 7.11. The molecule has 1 aromatic rings. The van der Waals surface area contributed by atoms with Crippen molar-refractivity contribution in [2.24, 2.45) is 5.73 Å². The van der Waals surface area contributed by atoms with Crippen LogP contribution in [0.1, 0.15) is 11.1 Å². The maximum absolute atomic E-state index is 10.6. The second-order valence-electron chi connectivity index (χ2n) is 4.11. The standard InChI is InChI=1S/C12H14ClNO3S/c13-9-3-7-1-2-17-11(7)8(4-9)5-18-6-10(14)12(15)16/h3-4,10H,1-2,5-6,14H2,(H,15,16)/t10-/m0/s1. The van der Waals surface area contributed by atoms with Crippen molar-refractivity contribution in [1.29, 1.82) is 0 Å². The van der Waals surface area contributed by atoms with Crippen molar-refractivity contribution in [3.63, 3.8) is 0 Å². The highest BCUT2D eigenvalue weighted by Crippen LogP contribution is 2.34. The van der Waals surface area contributed by atoms with Gasteiger partial charge in [-0.1, -0.05) is 11.6 Å². The molecule has 6 heteroatoms. The molecule has 0 aromatic heterocycles. The third-order valence-corrected chi connectivity index (χ3v) is 4.03. The zero-order chi connectivity index (χ0) is 13.1. The molecule has 4 nitrogen and oxygen atoms in total. The fraction of sp³-hybridized carbons (Fsp3) is 0.417. The average Bonchev–Trinajstić information content (AvgIpc) is 2.76. The number of thioether (sulfide) groups is 1. The van der Waals surface area contributed by atoms with Gasteiger partial charge in [-0.05, 0) is 17.7 Å². The third-order valence-electron chi connectivity index (χ3n) is 2.70. The second kappa shape index (κ2) is 5.82. The van der Waals surface area contributed by atoms with E-state index in [0.29, 0.717) is 23.1 Å². The SMILES string of the molecule is N[C@@H](CSCc1cc(Cl)cc2c1OCC2)C(=O)O. The molecule has 98 valence electrons. The lowest BCUT2D eigenvalue weighted by molar-refractivity contribution is -0.137. The van der Waals surface area contributed by atoms with Gasteiger partial charge in [0, 0.05) is 28.5 Å². The number of aliphatic carboxylic acids is 1. The summed E-state index contributed by atoms with van der Waals surface area (Å²) in [6.45, 7) is 0.683. The monoisotopic (exact) mass is 287 g/mol. The zero-order valence-electron chi connectivity index (χ0n) is 9.69. The number of hydrogen-bond acceptors (Lipinski definition) is 4. The molecule has 1 heterocycles. The molecule has 0 fully saturated rings. The largest absolute Gasteiger partial charge is 0.493 e. The molecule has 0 saturated heterocycles. The molecule has 1 aliphatic heterocycles. The number of fused-ring (bicyclic) bond motifs is 1. The minimum Gasteiger partial charge on any atom is -0.493 e. The Balaban J connectivity index is 2.00. The summed E-state index contributed by atoms with van der Waals surface area (Å²) in [7, 11) is 0. The summed E-state index contributed by atoms with van der Waals surface area (Å²) < 4.78 is 5.57. The van der Waals surface area contributed by atoms with Crippen LogP contribution in [0, 0.1) is 0 Å². The van der Waals surface area contributed by atoms with E-state index in [-0.39, 0.29) is 0 Å². The fourth-order valence-corrected chi connectivity index (χ4v) is 3.03. The Morgan fingerprint density at radius 2 is 2.39 bits per heavy atom. The molecule has 1 atom stereocenters. The van der Waals surface area contributed by atoms with Gasteiger partial charge < -0.3 is 15.6 Å². The van der Waals surface area contributed by atoms with Crippen LogP contribution in [0.25, 0.3) is 0 Å². The summed E-state index contributed by atoms with van der Waals surface area (Å²) in [6.07, 6.45) is 0.877.